The van der Waals surface area contributed by atoms with Crippen LogP contribution in [0.5, 0.6) is 0 Å². The molecule has 0 N–H and O–H groups in total. The molecule has 104 valence electrons. The summed E-state index contributed by atoms with van der Waals surface area (Å²) in [7, 11) is 4.00. The molecule has 0 aliphatic carbocycles. The molecular formula is C13H21N5O. The van der Waals surface area contributed by atoms with Crippen molar-refractivity contribution in [3.63, 3.8) is 0 Å². The van der Waals surface area contributed by atoms with E-state index in [1.54, 1.807) is 13.3 Å². The number of carbonyl (C=O) groups is 1. The molecule has 19 heavy (non-hydrogen) atoms. The van der Waals surface area contributed by atoms with Gasteiger partial charge in [-0.1, -0.05) is 0 Å². The van der Waals surface area contributed by atoms with Crippen molar-refractivity contribution >= 4 is 17.4 Å². The van der Waals surface area contributed by atoms with Crippen LogP contribution in [0, 0.1) is 0 Å². The average molecular weight is 263 g/mol. The van der Waals surface area contributed by atoms with Gasteiger partial charge >= 0.3 is 0 Å². The molecule has 0 spiro atoms. The third kappa shape index (κ3) is 3.64. The predicted octanol–water partition coefficient (Wildman–Crippen LogP) is 0.254. The van der Waals surface area contributed by atoms with Gasteiger partial charge in [-0.25, -0.2) is 9.97 Å². The van der Waals surface area contributed by atoms with Crippen LogP contribution >= 0.6 is 0 Å². The van der Waals surface area contributed by atoms with Crippen LogP contribution in [0.4, 0.5) is 11.6 Å². The molecule has 0 saturated carbocycles. The highest BCUT2D eigenvalue weighted by molar-refractivity contribution is 5.80. The Hall–Kier alpha value is -1.69. The van der Waals surface area contributed by atoms with Gasteiger partial charge in [0.15, 0.2) is 0 Å². The maximum atomic E-state index is 11.1. The van der Waals surface area contributed by atoms with Gasteiger partial charge in [-0.15, -0.1) is 0 Å². The molecule has 0 aromatic carbocycles. The van der Waals surface area contributed by atoms with Crippen LogP contribution in [0.3, 0.4) is 0 Å². The van der Waals surface area contributed by atoms with E-state index in [1.165, 1.54) is 0 Å². The van der Waals surface area contributed by atoms with Gasteiger partial charge in [-0.2, -0.15) is 0 Å². The normalized spacial score (nSPS) is 16.5. The minimum Gasteiger partial charge on any atom is -0.354 e. The third-order valence-electron chi connectivity index (χ3n) is 3.32. The summed E-state index contributed by atoms with van der Waals surface area (Å²) >= 11 is 0. The van der Waals surface area contributed by atoms with Gasteiger partial charge in [0.2, 0.25) is 0 Å². The molecule has 1 aliphatic heterocycles. The maximum Gasteiger partial charge on any atom is 0.149 e. The van der Waals surface area contributed by atoms with E-state index in [4.69, 9.17) is 0 Å². The minimum atomic E-state index is 0.127. The standard InChI is InChI=1S/C13H21N5O/c1-11(19)9-17(3)12-8-13(15-10-14-12)18-6-4-16(2)5-7-18/h8,10H,4-7,9H2,1-3H3. The summed E-state index contributed by atoms with van der Waals surface area (Å²) in [5, 5.41) is 0. The van der Waals surface area contributed by atoms with E-state index >= 15 is 0 Å². The van der Waals surface area contributed by atoms with Crippen molar-refractivity contribution in [2.45, 2.75) is 6.92 Å². The van der Waals surface area contributed by atoms with Crippen LogP contribution in [0.1, 0.15) is 6.92 Å². The highest BCUT2D eigenvalue weighted by Gasteiger charge is 2.16. The van der Waals surface area contributed by atoms with Crippen LogP contribution in [-0.2, 0) is 4.79 Å². The van der Waals surface area contributed by atoms with Crippen molar-refractivity contribution in [3.05, 3.63) is 12.4 Å². The number of Topliss-reactive ketones (excluding diaryl/α,β-unsaturated/α-hetero) is 1. The SMILES string of the molecule is CC(=O)CN(C)c1cc(N2CCN(C)CC2)ncn1. The topological polar surface area (TPSA) is 52.6 Å². The number of likely N-dealkylation sites (N-methyl/N-ethyl adjacent to an activating group) is 2. The summed E-state index contributed by atoms with van der Waals surface area (Å²) in [6, 6.07) is 1.95. The van der Waals surface area contributed by atoms with Crippen molar-refractivity contribution in [2.75, 3.05) is 56.6 Å². The predicted molar refractivity (Wildman–Crippen MR) is 75.7 cm³/mol. The molecule has 1 fully saturated rings. The van der Waals surface area contributed by atoms with Crippen LogP contribution in [-0.4, -0.2) is 67.5 Å². The number of carbonyl (C=O) groups excluding carboxylic acids is 1. The van der Waals surface area contributed by atoms with Crippen LogP contribution in [0.15, 0.2) is 12.4 Å². The Labute approximate surface area is 114 Å². The summed E-state index contributed by atoms with van der Waals surface area (Å²) in [5.41, 5.74) is 0. The van der Waals surface area contributed by atoms with E-state index in [2.05, 4.69) is 26.8 Å². The summed E-state index contributed by atoms with van der Waals surface area (Å²) < 4.78 is 0. The fraction of sp³-hybridized carbons (Fsp3) is 0.615. The summed E-state index contributed by atoms with van der Waals surface area (Å²) in [6.45, 7) is 6.00. The van der Waals surface area contributed by atoms with Crippen molar-refractivity contribution in [3.8, 4) is 0 Å². The zero-order valence-electron chi connectivity index (χ0n) is 11.8. The fourth-order valence-corrected chi connectivity index (χ4v) is 2.17. The molecule has 0 bridgehead atoms. The molecule has 6 nitrogen and oxygen atoms in total. The highest BCUT2D eigenvalue weighted by atomic mass is 16.1. The molecule has 6 heteroatoms. The van der Waals surface area contributed by atoms with Gasteiger partial charge in [-0.05, 0) is 14.0 Å². The van der Waals surface area contributed by atoms with E-state index in [-0.39, 0.29) is 5.78 Å². The van der Waals surface area contributed by atoms with Crippen molar-refractivity contribution < 1.29 is 4.79 Å². The first-order valence-electron chi connectivity index (χ1n) is 6.52. The lowest BCUT2D eigenvalue weighted by molar-refractivity contribution is -0.115. The van der Waals surface area contributed by atoms with E-state index in [0.29, 0.717) is 6.54 Å². The van der Waals surface area contributed by atoms with Crippen LogP contribution < -0.4 is 9.80 Å². The number of hydrogen-bond acceptors (Lipinski definition) is 6. The van der Waals surface area contributed by atoms with Crippen molar-refractivity contribution in [1.82, 2.24) is 14.9 Å². The van der Waals surface area contributed by atoms with E-state index in [9.17, 15) is 4.79 Å². The van der Waals surface area contributed by atoms with Crippen LogP contribution in [0.25, 0.3) is 0 Å². The number of piperazine rings is 1. The largest absolute Gasteiger partial charge is 0.354 e. The Kier molecular flexibility index (Phi) is 4.31. The van der Waals surface area contributed by atoms with E-state index in [1.807, 2.05) is 18.0 Å². The molecule has 1 aromatic heterocycles. The van der Waals surface area contributed by atoms with E-state index in [0.717, 1.165) is 37.8 Å². The van der Waals surface area contributed by atoms with Gasteiger partial charge in [0.25, 0.3) is 0 Å². The number of aromatic nitrogens is 2. The molecule has 2 rings (SSSR count). The number of nitrogens with zero attached hydrogens (tertiary/aromatic N) is 5. The molecule has 1 saturated heterocycles. The first-order valence-corrected chi connectivity index (χ1v) is 6.52. The Morgan fingerprint density at radius 1 is 1.32 bits per heavy atom. The molecule has 0 unspecified atom stereocenters. The lowest BCUT2D eigenvalue weighted by Gasteiger charge is -2.33. The molecule has 1 aromatic rings. The zero-order chi connectivity index (χ0) is 13.8. The maximum absolute atomic E-state index is 11.1. The van der Waals surface area contributed by atoms with Gasteiger partial charge in [0.1, 0.15) is 23.7 Å². The first-order chi connectivity index (χ1) is 9.06. The second kappa shape index (κ2) is 5.97. The molecule has 2 heterocycles. The highest BCUT2D eigenvalue weighted by Crippen LogP contribution is 2.17. The Morgan fingerprint density at radius 3 is 2.63 bits per heavy atom. The second-order valence-corrected chi connectivity index (χ2v) is 5.08. The summed E-state index contributed by atoms with van der Waals surface area (Å²) in [5.74, 6) is 1.86. The Balaban J connectivity index is 2.08. The zero-order valence-corrected chi connectivity index (χ0v) is 11.8. The third-order valence-corrected chi connectivity index (χ3v) is 3.32. The van der Waals surface area contributed by atoms with Crippen molar-refractivity contribution in [1.29, 1.82) is 0 Å². The van der Waals surface area contributed by atoms with Crippen molar-refractivity contribution in [2.24, 2.45) is 0 Å². The number of hydrogen-bond donors (Lipinski definition) is 0. The molecule has 0 amide bonds. The molecule has 1 aliphatic rings. The average Bonchev–Trinajstić information content (AvgIpc) is 2.39. The molecule has 0 radical (unpaired) electrons. The lowest BCUT2D eigenvalue weighted by Crippen LogP contribution is -2.44. The quantitative estimate of drug-likeness (QED) is 0.776. The second-order valence-electron chi connectivity index (χ2n) is 5.08. The summed E-state index contributed by atoms with van der Waals surface area (Å²) in [6.07, 6.45) is 1.57. The van der Waals surface area contributed by atoms with Crippen LogP contribution in [0.2, 0.25) is 0 Å². The first kappa shape index (κ1) is 13.7. The molecule has 0 atom stereocenters. The fourth-order valence-electron chi connectivity index (χ4n) is 2.17. The molecular weight excluding hydrogens is 242 g/mol. The smallest absolute Gasteiger partial charge is 0.149 e. The van der Waals surface area contributed by atoms with Gasteiger partial charge in [0.05, 0.1) is 6.54 Å². The number of ketones is 1. The van der Waals surface area contributed by atoms with E-state index < -0.39 is 0 Å². The van der Waals surface area contributed by atoms with Gasteiger partial charge in [-0.3, -0.25) is 4.79 Å². The van der Waals surface area contributed by atoms with Gasteiger partial charge in [0, 0.05) is 39.3 Å². The monoisotopic (exact) mass is 263 g/mol. The Morgan fingerprint density at radius 2 is 2.00 bits per heavy atom. The number of rotatable bonds is 4. The van der Waals surface area contributed by atoms with Gasteiger partial charge < -0.3 is 14.7 Å². The number of anilines is 2. The minimum absolute atomic E-state index is 0.127. The lowest BCUT2D eigenvalue weighted by atomic mass is 10.3. The summed E-state index contributed by atoms with van der Waals surface area (Å²) in [4.78, 5) is 26.1. The Bertz CT molecular complexity index is 442.